The van der Waals surface area contributed by atoms with E-state index in [0.717, 1.165) is 5.56 Å². The van der Waals surface area contributed by atoms with Gasteiger partial charge in [0.1, 0.15) is 12.4 Å². The van der Waals surface area contributed by atoms with Gasteiger partial charge in [-0.15, -0.1) is 0 Å². The van der Waals surface area contributed by atoms with Crippen LogP contribution in [0.25, 0.3) is 0 Å². The molecule has 0 unspecified atom stereocenters. The normalized spacial score (nSPS) is 10.2. The van der Waals surface area contributed by atoms with E-state index in [4.69, 9.17) is 27.2 Å². The third kappa shape index (κ3) is 3.17. The number of ether oxygens (including phenoxy) is 1. The van der Waals surface area contributed by atoms with E-state index in [9.17, 15) is 4.79 Å². The van der Waals surface area contributed by atoms with Crippen LogP contribution in [0.15, 0.2) is 42.5 Å². The summed E-state index contributed by atoms with van der Waals surface area (Å²) in [4.78, 5) is 11.8. The SMILES string of the molecule is Nc1cccc(C(=O)OCc2ccc(O)cc2)c1Cl. The Hall–Kier alpha value is -2.20. The number of nitrogens with two attached hydrogens (primary N) is 1. The molecule has 0 spiro atoms. The summed E-state index contributed by atoms with van der Waals surface area (Å²) < 4.78 is 5.13. The van der Waals surface area contributed by atoms with Crippen molar-refractivity contribution in [3.63, 3.8) is 0 Å². The van der Waals surface area contributed by atoms with E-state index >= 15 is 0 Å². The van der Waals surface area contributed by atoms with E-state index < -0.39 is 5.97 Å². The summed E-state index contributed by atoms with van der Waals surface area (Å²) in [5, 5.41) is 9.33. The van der Waals surface area contributed by atoms with Crippen molar-refractivity contribution in [3.05, 3.63) is 58.6 Å². The first-order valence-electron chi connectivity index (χ1n) is 5.57. The van der Waals surface area contributed by atoms with Crippen LogP contribution in [0.3, 0.4) is 0 Å². The zero-order valence-corrected chi connectivity index (χ0v) is 10.7. The minimum atomic E-state index is -0.537. The van der Waals surface area contributed by atoms with Gasteiger partial charge in [-0.05, 0) is 29.8 Å². The Bertz CT molecular complexity index is 596. The lowest BCUT2D eigenvalue weighted by Gasteiger charge is -2.07. The lowest BCUT2D eigenvalue weighted by atomic mass is 10.2. The van der Waals surface area contributed by atoms with Gasteiger partial charge in [0, 0.05) is 0 Å². The molecule has 0 amide bonds. The first-order valence-corrected chi connectivity index (χ1v) is 5.95. The highest BCUT2D eigenvalue weighted by Crippen LogP contribution is 2.24. The Morgan fingerprint density at radius 1 is 1.21 bits per heavy atom. The first-order chi connectivity index (χ1) is 9.08. The summed E-state index contributed by atoms with van der Waals surface area (Å²) in [6, 6.07) is 11.2. The molecule has 0 heterocycles. The van der Waals surface area contributed by atoms with Crippen molar-refractivity contribution < 1.29 is 14.6 Å². The highest BCUT2D eigenvalue weighted by Gasteiger charge is 2.13. The Morgan fingerprint density at radius 2 is 1.89 bits per heavy atom. The number of phenolic OH excluding ortho intramolecular Hbond substituents is 1. The average molecular weight is 278 g/mol. The Kier molecular flexibility index (Phi) is 3.92. The number of benzene rings is 2. The fraction of sp³-hybridized carbons (Fsp3) is 0.0714. The predicted octanol–water partition coefficient (Wildman–Crippen LogP) is 2.98. The van der Waals surface area contributed by atoms with Gasteiger partial charge in [-0.1, -0.05) is 29.8 Å². The number of anilines is 1. The maximum Gasteiger partial charge on any atom is 0.340 e. The summed E-state index contributed by atoms with van der Waals surface area (Å²) in [5.74, 6) is -0.376. The third-order valence-electron chi connectivity index (χ3n) is 2.55. The summed E-state index contributed by atoms with van der Waals surface area (Å²) in [6.45, 7) is 0.101. The molecule has 0 aromatic heterocycles. The Morgan fingerprint density at radius 3 is 2.58 bits per heavy atom. The largest absolute Gasteiger partial charge is 0.508 e. The minimum Gasteiger partial charge on any atom is -0.508 e. The number of esters is 1. The highest BCUT2D eigenvalue weighted by atomic mass is 35.5. The summed E-state index contributed by atoms with van der Waals surface area (Å²) in [5.41, 5.74) is 6.96. The van der Waals surface area contributed by atoms with Gasteiger partial charge in [0.15, 0.2) is 0 Å². The predicted molar refractivity (Wildman–Crippen MR) is 73.1 cm³/mol. The number of hydrogen-bond donors (Lipinski definition) is 2. The lowest BCUT2D eigenvalue weighted by molar-refractivity contribution is 0.0473. The molecule has 0 atom stereocenters. The topological polar surface area (TPSA) is 72.6 Å². The fourth-order valence-electron chi connectivity index (χ4n) is 1.53. The van der Waals surface area contributed by atoms with Gasteiger partial charge in [0.2, 0.25) is 0 Å². The number of halogens is 1. The number of carbonyl (C=O) groups is 1. The molecule has 0 aliphatic carbocycles. The molecule has 0 saturated carbocycles. The standard InChI is InChI=1S/C14H12ClNO3/c15-13-11(2-1-3-12(13)16)14(18)19-8-9-4-6-10(17)7-5-9/h1-7,17H,8,16H2. The van der Waals surface area contributed by atoms with Gasteiger partial charge in [-0.25, -0.2) is 4.79 Å². The third-order valence-corrected chi connectivity index (χ3v) is 2.98. The lowest BCUT2D eigenvalue weighted by Crippen LogP contribution is -2.06. The molecule has 2 aromatic carbocycles. The maximum absolute atomic E-state index is 11.8. The Balaban J connectivity index is 2.05. The van der Waals surface area contributed by atoms with Crippen molar-refractivity contribution in [1.82, 2.24) is 0 Å². The van der Waals surface area contributed by atoms with E-state index in [1.165, 1.54) is 12.1 Å². The number of carbonyl (C=O) groups excluding carboxylic acids is 1. The zero-order valence-electron chi connectivity index (χ0n) is 9.97. The maximum atomic E-state index is 11.8. The quantitative estimate of drug-likeness (QED) is 0.668. The van der Waals surface area contributed by atoms with Crippen molar-refractivity contribution in [3.8, 4) is 5.75 Å². The van der Waals surface area contributed by atoms with Crippen LogP contribution < -0.4 is 5.73 Å². The van der Waals surface area contributed by atoms with Gasteiger partial charge in [0.25, 0.3) is 0 Å². The second-order valence-electron chi connectivity index (χ2n) is 3.95. The van der Waals surface area contributed by atoms with E-state index in [1.54, 1.807) is 30.3 Å². The van der Waals surface area contributed by atoms with Gasteiger partial charge in [-0.2, -0.15) is 0 Å². The van der Waals surface area contributed by atoms with Crippen molar-refractivity contribution in [2.24, 2.45) is 0 Å². The molecule has 0 aliphatic rings. The van der Waals surface area contributed by atoms with Crippen molar-refractivity contribution >= 4 is 23.3 Å². The zero-order chi connectivity index (χ0) is 13.8. The number of hydrogen-bond acceptors (Lipinski definition) is 4. The van der Waals surface area contributed by atoms with Crippen LogP contribution in [0.1, 0.15) is 15.9 Å². The monoisotopic (exact) mass is 277 g/mol. The molecule has 0 fully saturated rings. The number of aromatic hydroxyl groups is 1. The molecule has 0 bridgehead atoms. The molecule has 5 heteroatoms. The summed E-state index contributed by atoms with van der Waals surface area (Å²) in [7, 11) is 0. The molecular formula is C14H12ClNO3. The fourth-order valence-corrected chi connectivity index (χ4v) is 1.73. The van der Waals surface area contributed by atoms with Crippen LogP contribution in [0.2, 0.25) is 5.02 Å². The summed E-state index contributed by atoms with van der Waals surface area (Å²) in [6.07, 6.45) is 0. The molecule has 3 N–H and O–H groups in total. The second-order valence-corrected chi connectivity index (χ2v) is 4.33. The second kappa shape index (κ2) is 5.63. The number of phenols is 1. The summed E-state index contributed by atoms with van der Waals surface area (Å²) >= 11 is 5.93. The van der Waals surface area contributed by atoms with Gasteiger partial charge in [-0.3, -0.25) is 0 Å². The molecule has 0 radical (unpaired) electrons. The van der Waals surface area contributed by atoms with E-state index in [-0.39, 0.29) is 22.9 Å². The molecule has 2 aromatic rings. The number of rotatable bonds is 3. The number of nitrogen functional groups attached to an aromatic ring is 1. The molecule has 98 valence electrons. The average Bonchev–Trinajstić information content (AvgIpc) is 2.41. The van der Waals surface area contributed by atoms with Crippen LogP contribution >= 0.6 is 11.6 Å². The van der Waals surface area contributed by atoms with Gasteiger partial charge in [0.05, 0.1) is 16.3 Å². The highest BCUT2D eigenvalue weighted by molar-refractivity contribution is 6.36. The Labute approximate surface area is 115 Å². The molecule has 19 heavy (non-hydrogen) atoms. The van der Waals surface area contributed by atoms with Crippen LogP contribution in [0.4, 0.5) is 5.69 Å². The van der Waals surface area contributed by atoms with Gasteiger partial charge < -0.3 is 15.6 Å². The van der Waals surface area contributed by atoms with E-state index in [0.29, 0.717) is 5.69 Å². The van der Waals surface area contributed by atoms with E-state index in [1.807, 2.05) is 0 Å². The first kappa shape index (κ1) is 13.2. The van der Waals surface area contributed by atoms with Crippen molar-refractivity contribution in [1.29, 1.82) is 0 Å². The van der Waals surface area contributed by atoms with Crippen LogP contribution in [0.5, 0.6) is 5.75 Å². The molecule has 2 rings (SSSR count). The van der Waals surface area contributed by atoms with Crippen molar-refractivity contribution in [2.75, 3.05) is 5.73 Å². The molecule has 0 aliphatic heterocycles. The van der Waals surface area contributed by atoms with Crippen LogP contribution in [-0.4, -0.2) is 11.1 Å². The van der Waals surface area contributed by atoms with Gasteiger partial charge >= 0.3 is 5.97 Å². The van der Waals surface area contributed by atoms with Crippen LogP contribution in [0, 0.1) is 0 Å². The minimum absolute atomic E-state index is 0.101. The smallest absolute Gasteiger partial charge is 0.340 e. The molecule has 4 nitrogen and oxygen atoms in total. The molecule has 0 saturated heterocycles. The van der Waals surface area contributed by atoms with Crippen molar-refractivity contribution in [2.45, 2.75) is 6.61 Å². The molecular weight excluding hydrogens is 266 g/mol. The van der Waals surface area contributed by atoms with E-state index in [2.05, 4.69) is 0 Å². The van der Waals surface area contributed by atoms with Crippen LogP contribution in [-0.2, 0) is 11.3 Å².